The molecule has 17 heavy (non-hydrogen) atoms. The van der Waals surface area contributed by atoms with Gasteiger partial charge in [0.1, 0.15) is 0 Å². The van der Waals surface area contributed by atoms with E-state index in [1.54, 1.807) is 0 Å². The van der Waals surface area contributed by atoms with Gasteiger partial charge in [0.2, 0.25) is 0 Å². The predicted octanol–water partition coefficient (Wildman–Crippen LogP) is 6.85. The lowest BCUT2D eigenvalue weighted by Gasteiger charge is -2.08. The molecule has 1 unspecified atom stereocenters. The van der Waals surface area contributed by atoms with Crippen molar-refractivity contribution >= 4 is 31.9 Å². The van der Waals surface area contributed by atoms with Gasteiger partial charge in [0.15, 0.2) is 0 Å². The molecule has 0 spiro atoms. The molecule has 0 amide bonds. The lowest BCUT2D eigenvalue weighted by atomic mass is 10.0. The van der Waals surface area contributed by atoms with E-state index in [1.807, 2.05) is 0 Å². The average molecular weight is 370 g/mol. The Hall–Kier alpha value is 0.960. The number of halogens is 2. The maximum Gasteiger partial charge on any atom is 0.0145 e. The number of rotatable bonds is 13. The summed E-state index contributed by atoms with van der Waals surface area (Å²) in [6.45, 7) is 2.28. The van der Waals surface area contributed by atoms with E-state index in [0.717, 1.165) is 10.2 Å². The van der Waals surface area contributed by atoms with Crippen molar-refractivity contribution in [2.75, 3.05) is 5.33 Å². The molecular weight excluding hydrogens is 340 g/mol. The normalized spacial score (nSPS) is 12.9. The lowest BCUT2D eigenvalue weighted by Crippen LogP contribution is -1.97. The molecule has 0 rings (SSSR count). The van der Waals surface area contributed by atoms with Crippen LogP contribution in [0.25, 0.3) is 0 Å². The first-order chi connectivity index (χ1) is 8.31. The molecule has 2 heteroatoms. The van der Waals surface area contributed by atoms with Crippen molar-refractivity contribution in [2.45, 2.75) is 88.8 Å². The molecule has 0 aliphatic heterocycles. The fraction of sp³-hybridized carbons (Fsp3) is 1.00. The Kier molecular flexibility index (Phi) is 15.9. The molecule has 0 aromatic rings. The van der Waals surface area contributed by atoms with Gasteiger partial charge in [-0.25, -0.2) is 0 Å². The average Bonchev–Trinajstić information content (AvgIpc) is 2.33. The summed E-state index contributed by atoms with van der Waals surface area (Å²) in [4.78, 5) is 0.765. The van der Waals surface area contributed by atoms with Gasteiger partial charge < -0.3 is 0 Å². The van der Waals surface area contributed by atoms with Crippen molar-refractivity contribution in [3.63, 3.8) is 0 Å². The van der Waals surface area contributed by atoms with E-state index in [0.29, 0.717) is 0 Å². The Morgan fingerprint density at radius 1 is 0.706 bits per heavy atom. The fourth-order valence-corrected chi connectivity index (χ4v) is 3.15. The summed E-state index contributed by atoms with van der Waals surface area (Å²) in [5.41, 5.74) is 0. The molecule has 0 fully saturated rings. The third-order valence-corrected chi connectivity index (χ3v) is 4.75. The van der Waals surface area contributed by atoms with Gasteiger partial charge in [0.05, 0.1) is 0 Å². The topological polar surface area (TPSA) is 0 Å². The molecule has 0 saturated heterocycles. The molecule has 0 radical (unpaired) electrons. The summed E-state index contributed by atoms with van der Waals surface area (Å²) < 4.78 is 0. The minimum absolute atomic E-state index is 0.765. The second kappa shape index (κ2) is 15.0. The Labute approximate surface area is 126 Å². The zero-order valence-corrected chi connectivity index (χ0v) is 14.7. The van der Waals surface area contributed by atoms with Gasteiger partial charge in [-0.15, -0.1) is 0 Å². The standard InChI is InChI=1S/C15H30Br2/c1-2-3-4-5-6-7-8-9-12-15(17)13-10-11-14-16/h15H,2-14H2,1H3. The molecule has 0 bridgehead atoms. The van der Waals surface area contributed by atoms with E-state index < -0.39 is 0 Å². The quantitative estimate of drug-likeness (QED) is 0.246. The number of unbranched alkanes of at least 4 members (excludes halogenated alkanes) is 8. The Morgan fingerprint density at radius 3 is 1.71 bits per heavy atom. The van der Waals surface area contributed by atoms with Crippen molar-refractivity contribution in [1.29, 1.82) is 0 Å². The smallest absolute Gasteiger partial charge is 0.0145 e. The van der Waals surface area contributed by atoms with E-state index in [-0.39, 0.29) is 0 Å². The molecule has 0 heterocycles. The molecule has 0 aliphatic carbocycles. The molecule has 1 atom stereocenters. The van der Waals surface area contributed by atoms with E-state index in [4.69, 9.17) is 0 Å². The van der Waals surface area contributed by atoms with E-state index in [2.05, 4.69) is 38.8 Å². The predicted molar refractivity (Wildman–Crippen MR) is 87.6 cm³/mol. The highest BCUT2D eigenvalue weighted by Gasteiger charge is 2.03. The van der Waals surface area contributed by atoms with Crippen LogP contribution in [0.3, 0.4) is 0 Å². The highest BCUT2D eigenvalue weighted by molar-refractivity contribution is 9.09. The maximum atomic E-state index is 3.80. The van der Waals surface area contributed by atoms with Gasteiger partial charge in [-0.05, 0) is 19.3 Å². The summed E-state index contributed by atoms with van der Waals surface area (Å²) in [5.74, 6) is 0. The van der Waals surface area contributed by atoms with Crippen LogP contribution in [0.2, 0.25) is 0 Å². The first kappa shape index (κ1) is 18.0. The third-order valence-electron chi connectivity index (χ3n) is 3.27. The SMILES string of the molecule is CCCCCCCCCCC(Br)CCCCBr. The molecule has 0 aromatic heterocycles. The van der Waals surface area contributed by atoms with Gasteiger partial charge in [-0.1, -0.05) is 96.6 Å². The zero-order chi connectivity index (χ0) is 12.8. The van der Waals surface area contributed by atoms with Crippen LogP contribution in [-0.2, 0) is 0 Å². The van der Waals surface area contributed by atoms with E-state index >= 15 is 0 Å². The molecule has 0 aromatic carbocycles. The van der Waals surface area contributed by atoms with Crippen LogP contribution in [0.1, 0.15) is 84.0 Å². The zero-order valence-electron chi connectivity index (χ0n) is 11.5. The van der Waals surface area contributed by atoms with E-state index in [1.165, 1.54) is 77.0 Å². The monoisotopic (exact) mass is 368 g/mol. The van der Waals surface area contributed by atoms with Gasteiger partial charge in [0.25, 0.3) is 0 Å². The van der Waals surface area contributed by atoms with Crippen molar-refractivity contribution in [3.05, 3.63) is 0 Å². The Bertz CT molecular complexity index is 137. The van der Waals surface area contributed by atoms with Gasteiger partial charge in [-0.3, -0.25) is 0 Å². The van der Waals surface area contributed by atoms with Crippen LogP contribution in [0, 0.1) is 0 Å². The maximum absolute atomic E-state index is 3.80. The molecule has 0 aliphatic rings. The lowest BCUT2D eigenvalue weighted by molar-refractivity contribution is 0.551. The van der Waals surface area contributed by atoms with Gasteiger partial charge in [0, 0.05) is 10.2 Å². The van der Waals surface area contributed by atoms with Crippen LogP contribution in [-0.4, -0.2) is 10.2 Å². The summed E-state index contributed by atoms with van der Waals surface area (Å²) >= 11 is 7.28. The summed E-state index contributed by atoms with van der Waals surface area (Å²) in [5, 5.41) is 1.16. The van der Waals surface area contributed by atoms with Crippen LogP contribution in [0.5, 0.6) is 0 Å². The molecular formula is C15H30Br2. The van der Waals surface area contributed by atoms with Crippen molar-refractivity contribution in [2.24, 2.45) is 0 Å². The Balaban J connectivity index is 3.05. The molecule has 104 valence electrons. The van der Waals surface area contributed by atoms with Gasteiger partial charge >= 0.3 is 0 Å². The summed E-state index contributed by atoms with van der Waals surface area (Å²) in [7, 11) is 0. The van der Waals surface area contributed by atoms with Crippen molar-refractivity contribution < 1.29 is 0 Å². The Morgan fingerprint density at radius 2 is 1.18 bits per heavy atom. The third kappa shape index (κ3) is 14.9. The minimum atomic E-state index is 0.765. The number of hydrogen-bond acceptors (Lipinski definition) is 0. The highest BCUT2D eigenvalue weighted by Crippen LogP contribution is 2.18. The number of hydrogen-bond donors (Lipinski definition) is 0. The van der Waals surface area contributed by atoms with E-state index in [9.17, 15) is 0 Å². The van der Waals surface area contributed by atoms with Crippen molar-refractivity contribution in [3.8, 4) is 0 Å². The van der Waals surface area contributed by atoms with Crippen LogP contribution in [0.4, 0.5) is 0 Å². The second-order valence-electron chi connectivity index (χ2n) is 5.05. The first-order valence-corrected chi connectivity index (χ1v) is 9.55. The van der Waals surface area contributed by atoms with Crippen LogP contribution in [0.15, 0.2) is 0 Å². The van der Waals surface area contributed by atoms with Crippen LogP contribution < -0.4 is 0 Å². The van der Waals surface area contributed by atoms with Gasteiger partial charge in [-0.2, -0.15) is 0 Å². The first-order valence-electron chi connectivity index (χ1n) is 7.51. The summed E-state index contributed by atoms with van der Waals surface area (Å²) in [6, 6.07) is 0. The minimum Gasteiger partial charge on any atom is -0.0928 e. The second-order valence-corrected chi connectivity index (χ2v) is 7.13. The summed E-state index contributed by atoms with van der Waals surface area (Å²) in [6.07, 6.45) is 16.8. The van der Waals surface area contributed by atoms with Crippen molar-refractivity contribution in [1.82, 2.24) is 0 Å². The van der Waals surface area contributed by atoms with Crippen LogP contribution >= 0.6 is 31.9 Å². The molecule has 0 saturated carbocycles. The molecule has 0 nitrogen and oxygen atoms in total. The fourth-order valence-electron chi connectivity index (χ4n) is 2.10. The highest BCUT2D eigenvalue weighted by atomic mass is 79.9. The number of alkyl halides is 2. The largest absolute Gasteiger partial charge is 0.0928 e. The molecule has 0 N–H and O–H groups in total.